The van der Waals surface area contributed by atoms with Gasteiger partial charge in [-0.25, -0.2) is 0 Å². The number of fused-ring (bicyclic) bond motifs is 5. The first kappa shape index (κ1) is 24.6. The van der Waals surface area contributed by atoms with Crippen LogP contribution in [0.25, 0.3) is 0 Å². The van der Waals surface area contributed by atoms with Crippen LogP contribution in [0.3, 0.4) is 0 Å². The molecule has 5 rings (SSSR count). The minimum Gasteiger partial charge on any atom is -0.390 e. The molecule has 1 aromatic carbocycles. The van der Waals surface area contributed by atoms with Crippen molar-refractivity contribution in [3.63, 3.8) is 0 Å². The van der Waals surface area contributed by atoms with Crippen molar-refractivity contribution in [3.8, 4) is 0 Å². The van der Waals surface area contributed by atoms with Gasteiger partial charge in [-0.2, -0.15) is 0 Å². The molecular weight excluding hydrogens is 412 g/mol. The Labute approximate surface area is 209 Å². The summed E-state index contributed by atoms with van der Waals surface area (Å²) in [5.41, 5.74) is 3.59. The van der Waals surface area contributed by atoms with E-state index in [-0.39, 0.29) is 0 Å². The molecule has 0 aromatic heterocycles. The minimum absolute atomic E-state index is 0.354. The van der Waals surface area contributed by atoms with Crippen LogP contribution in [0.1, 0.15) is 110 Å². The predicted octanol–water partition coefficient (Wildman–Crippen LogP) is 8.76. The summed E-state index contributed by atoms with van der Waals surface area (Å²) < 4.78 is 0. The van der Waals surface area contributed by atoms with Gasteiger partial charge in [0.05, 0.1) is 5.60 Å². The van der Waals surface area contributed by atoms with E-state index in [1.54, 1.807) is 5.57 Å². The molecule has 1 heteroatoms. The molecular formula is C33H50O. The molecule has 8 atom stereocenters. The van der Waals surface area contributed by atoms with Gasteiger partial charge < -0.3 is 5.11 Å². The van der Waals surface area contributed by atoms with Crippen molar-refractivity contribution in [3.05, 3.63) is 47.5 Å². The summed E-state index contributed by atoms with van der Waals surface area (Å²) in [4.78, 5) is 0. The summed E-state index contributed by atoms with van der Waals surface area (Å²) in [5, 5.41) is 11.0. The summed E-state index contributed by atoms with van der Waals surface area (Å²) >= 11 is 0. The number of hydrogen-bond donors (Lipinski definition) is 1. The van der Waals surface area contributed by atoms with Crippen LogP contribution in [-0.2, 0) is 6.42 Å². The first-order chi connectivity index (χ1) is 16.3. The highest BCUT2D eigenvalue weighted by Gasteiger charge is 2.59. The normalized spacial score (nSPS) is 42.3. The quantitative estimate of drug-likeness (QED) is 0.317. The van der Waals surface area contributed by atoms with Gasteiger partial charge in [-0.15, -0.1) is 0 Å². The van der Waals surface area contributed by atoms with Gasteiger partial charge >= 0.3 is 0 Å². The lowest BCUT2D eigenvalue weighted by Crippen LogP contribution is -2.52. The minimum atomic E-state index is -0.435. The molecule has 0 spiro atoms. The molecule has 2 unspecified atom stereocenters. The van der Waals surface area contributed by atoms with Crippen LogP contribution in [0.5, 0.6) is 0 Å². The van der Waals surface area contributed by atoms with E-state index in [4.69, 9.17) is 0 Å². The van der Waals surface area contributed by atoms with Crippen LogP contribution >= 0.6 is 0 Å². The van der Waals surface area contributed by atoms with E-state index in [1.807, 2.05) is 0 Å². The first-order valence-electron chi connectivity index (χ1n) is 14.7. The summed E-state index contributed by atoms with van der Waals surface area (Å²) in [6.07, 6.45) is 19.1. The van der Waals surface area contributed by atoms with Gasteiger partial charge in [0, 0.05) is 0 Å². The van der Waals surface area contributed by atoms with Gasteiger partial charge in [-0.3, -0.25) is 0 Å². The molecule has 0 amide bonds. The number of unbranched alkanes of at least 4 members (excludes halogenated alkanes) is 1. The highest BCUT2D eigenvalue weighted by Crippen LogP contribution is 2.67. The summed E-state index contributed by atoms with van der Waals surface area (Å²) in [7, 11) is 0. The Morgan fingerprint density at radius 3 is 2.53 bits per heavy atom. The van der Waals surface area contributed by atoms with Crippen molar-refractivity contribution in [2.24, 2.45) is 40.4 Å². The average molecular weight is 463 g/mol. The molecule has 0 radical (unpaired) electrons. The van der Waals surface area contributed by atoms with Crippen LogP contribution in [0.2, 0.25) is 0 Å². The van der Waals surface area contributed by atoms with E-state index in [1.165, 1.54) is 69.8 Å². The third-order valence-corrected chi connectivity index (χ3v) is 11.9. The molecule has 4 aliphatic carbocycles. The Hall–Kier alpha value is -1.08. The third-order valence-electron chi connectivity index (χ3n) is 11.9. The molecule has 1 nitrogen and oxygen atoms in total. The number of allylic oxidation sites excluding steroid dienone is 1. The van der Waals surface area contributed by atoms with Crippen LogP contribution in [0.15, 0.2) is 42.0 Å². The Morgan fingerprint density at radius 1 is 0.971 bits per heavy atom. The van der Waals surface area contributed by atoms with Gasteiger partial charge in [-0.05, 0) is 117 Å². The van der Waals surface area contributed by atoms with Gasteiger partial charge in [-0.1, -0.05) is 82.5 Å². The average Bonchev–Trinajstić information content (AvgIpc) is 3.20. The Bertz CT molecular complexity index is 872. The molecule has 4 aliphatic rings. The number of aliphatic hydroxyl groups is 1. The lowest BCUT2D eigenvalue weighted by Gasteiger charge is -2.59. The zero-order valence-corrected chi connectivity index (χ0v) is 22.5. The van der Waals surface area contributed by atoms with Crippen molar-refractivity contribution in [2.75, 3.05) is 0 Å². The second-order valence-electron chi connectivity index (χ2n) is 13.5. The van der Waals surface area contributed by atoms with Crippen molar-refractivity contribution in [2.45, 2.75) is 117 Å². The fourth-order valence-corrected chi connectivity index (χ4v) is 9.63. The summed E-state index contributed by atoms with van der Waals surface area (Å²) in [6.45, 7) is 10.0. The number of rotatable bonds is 7. The topological polar surface area (TPSA) is 20.2 Å². The van der Waals surface area contributed by atoms with E-state index < -0.39 is 5.60 Å². The van der Waals surface area contributed by atoms with E-state index in [0.29, 0.717) is 10.8 Å². The van der Waals surface area contributed by atoms with Gasteiger partial charge in [0.15, 0.2) is 0 Å². The van der Waals surface area contributed by atoms with Gasteiger partial charge in [0.1, 0.15) is 0 Å². The van der Waals surface area contributed by atoms with Crippen LogP contribution < -0.4 is 0 Å². The molecule has 3 fully saturated rings. The van der Waals surface area contributed by atoms with Gasteiger partial charge in [0.2, 0.25) is 0 Å². The summed E-state index contributed by atoms with van der Waals surface area (Å²) in [6, 6.07) is 11.0. The molecule has 0 saturated heterocycles. The van der Waals surface area contributed by atoms with Crippen molar-refractivity contribution < 1.29 is 5.11 Å². The largest absolute Gasteiger partial charge is 0.390 e. The molecule has 34 heavy (non-hydrogen) atoms. The fourth-order valence-electron chi connectivity index (χ4n) is 9.63. The zero-order valence-electron chi connectivity index (χ0n) is 22.5. The monoisotopic (exact) mass is 462 g/mol. The first-order valence-corrected chi connectivity index (χ1v) is 14.7. The SMILES string of the molecule is CC[C@]1(O)CC[C@@]2(C)C(=CC[C@@H]3C2CC[C@@]2(C)C3CC[C@@H]2[C@H](C)CCCCc2ccccc2)C1. The van der Waals surface area contributed by atoms with E-state index in [2.05, 4.69) is 64.1 Å². The van der Waals surface area contributed by atoms with Crippen LogP contribution in [0, 0.1) is 40.4 Å². The Kier molecular flexibility index (Phi) is 6.82. The second-order valence-corrected chi connectivity index (χ2v) is 13.5. The van der Waals surface area contributed by atoms with Gasteiger partial charge in [0.25, 0.3) is 0 Å². The summed E-state index contributed by atoms with van der Waals surface area (Å²) in [5.74, 6) is 4.44. The Morgan fingerprint density at radius 2 is 1.76 bits per heavy atom. The van der Waals surface area contributed by atoms with Crippen LogP contribution in [-0.4, -0.2) is 10.7 Å². The molecule has 1 N–H and O–H groups in total. The number of hydrogen-bond acceptors (Lipinski definition) is 1. The van der Waals surface area contributed by atoms with Crippen molar-refractivity contribution in [1.82, 2.24) is 0 Å². The fraction of sp³-hybridized carbons (Fsp3) is 0.758. The van der Waals surface area contributed by atoms with E-state index in [0.717, 1.165) is 48.9 Å². The molecule has 3 saturated carbocycles. The maximum Gasteiger partial charge on any atom is 0.0682 e. The highest BCUT2D eigenvalue weighted by molar-refractivity contribution is 5.27. The lowest BCUT2D eigenvalue weighted by atomic mass is 9.46. The molecule has 1 aromatic rings. The maximum absolute atomic E-state index is 11.0. The molecule has 188 valence electrons. The Balaban J connectivity index is 1.23. The zero-order chi connectivity index (χ0) is 24.0. The van der Waals surface area contributed by atoms with Crippen LogP contribution in [0.4, 0.5) is 0 Å². The lowest BCUT2D eigenvalue weighted by molar-refractivity contribution is -0.0754. The second kappa shape index (κ2) is 9.42. The third kappa shape index (κ3) is 4.23. The van der Waals surface area contributed by atoms with E-state index in [9.17, 15) is 5.11 Å². The maximum atomic E-state index is 11.0. The molecule has 0 heterocycles. The standard InChI is InChI=1S/C33H50O/c1-5-33(34)22-21-31(3)26(23-33)15-16-27-29-18-17-28(32(29,4)20-19-30(27)31)24(2)11-9-10-14-25-12-7-6-8-13-25/h6-8,12-13,15,24,27-30,34H,5,9-11,14,16-23H2,1-4H3/t24-,27+,28-,29?,30?,31+,32-,33+/m1/s1. The highest BCUT2D eigenvalue weighted by atomic mass is 16.3. The van der Waals surface area contributed by atoms with Crippen molar-refractivity contribution >= 4 is 0 Å². The number of aryl methyl sites for hydroxylation is 1. The smallest absolute Gasteiger partial charge is 0.0682 e. The molecule has 0 bridgehead atoms. The van der Waals surface area contributed by atoms with Crippen molar-refractivity contribution in [1.29, 1.82) is 0 Å². The predicted molar refractivity (Wildman–Crippen MR) is 144 cm³/mol. The number of benzene rings is 1. The molecule has 0 aliphatic heterocycles. The van der Waals surface area contributed by atoms with E-state index >= 15 is 0 Å².